The number of anilines is 2. The number of pyridine rings is 2. The molecule has 2 aromatic heterocycles. The lowest BCUT2D eigenvalue weighted by Gasteiger charge is -2.41. The molecular weight excluding hydrogens is 530 g/mol. The summed E-state index contributed by atoms with van der Waals surface area (Å²) in [5, 5.41) is 0. The Kier molecular flexibility index (Phi) is 7.26. The Labute approximate surface area is 244 Å². The van der Waals surface area contributed by atoms with Gasteiger partial charge in [0.15, 0.2) is 5.69 Å². The normalized spacial score (nSPS) is 16.7. The number of rotatable bonds is 6. The Hall–Kier alpha value is -4.89. The predicted octanol–water partition coefficient (Wildman–Crippen LogP) is 5.25. The molecule has 4 aromatic rings. The van der Waals surface area contributed by atoms with E-state index in [0.717, 1.165) is 22.4 Å². The van der Waals surface area contributed by atoms with Gasteiger partial charge in [0.1, 0.15) is 11.4 Å². The summed E-state index contributed by atoms with van der Waals surface area (Å²) in [7, 11) is 1.28. The second-order valence-electron chi connectivity index (χ2n) is 10.6. The zero-order valence-corrected chi connectivity index (χ0v) is 23.6. The van der Waals surface area contributed by atoms with Gasteiger partial charge in [-0.3, -0.25) is 19.6 Å². The number of amides is 3. The number of piperidine rings is 1. The van der Waals surface area contributed by atoms with E-state index in [0.29, 0.717) is 38.2 Å². The van der Waals surface area contributed by atoms with Crippen LogP contribution in [0.15, 0.2) is 91.1 Å². The molecule has 2 fully saturated rings. The van der Waals surface area contributed by atoms with Gasteiger partial charge in [-0.15, -0.1) is 0 Å². The van der Waals surface area contributed by atoms with Crippen LogP contribution in [-0.2, 0) is 16.1 Å². The summed E-state index contributed by atoms with van der Waals surface area (Å²) in [6, 6.07) is 25.6. The highest BCUT2D eigenvalue weighted by Crippen LogP contribution is 2.42. The van der Waals surface area contributed by atoms with Gasteiger partial charge < -0.3 is 4.74 Å². The number of carbonyl (C=O) groups excluding carboxylic acids is 3. The van der Waals surface area contributed by atoms with Gasteiger partial charge in [-0.2, -0.15) is 0 Å². The number of carbonyl (C=O) groups is 3. The summed E-state index contributed by atoms with van der Waals surface area (Å²) in [6.07, 6.45) is 2.61. The maximum atomic E-state index is 14.3. The maximum Gasteiger partial charge on any atom is 0.356 e. The molecule has 3 amide bonds. The van der Waals surface area contributed by atoms with Gasteiger partial charge in [-0.1, -0.05) is 54.6 Å². The van der Waals surface area contributed by atoms with E-state index in [-0.39, 0.29) is 17.4 Å². The fraction of sp³-hybridized carbons (Fsp3) is 0.242. The minimum absolute atomic E-state index is 0.0686. The first kappa shape index (κ1) is 27.3. The Bertz CT molecular complexity index is 1630. The Morgan fingerprint density at radius 2 is 1.60 bits per heavy atom. The summed E-state index contributed by atoms with van der Waals surface area (Å²) >= 11 is 0. The van der Waals surface area contributed by atoms with Gasteiger partial charge >= 0.3 is 12.0 Å². The quantitative estimate of drug-likeness (QED) is 0.234. The number of benzene rings is 2. The van der Waals surface area contributed by atoms with Crippen LogP contribution in [0.4, 0.5) is 16.3 Å². The number of likely N-dealkylation sites (tertiary alicyclic amines) is 1. The van der Waals surface area contributed by atoms with Crippen LogP contribution in [0.5, 0.6) is 0 Å². The molecule has 2 aliphatic heterocycles. The molecule has 0 unspecified atom stereocenters. The summed E-state index contributed by atoms with van der Waals surface area (Å²) in [4.78, 5) is 54.8. The molecule has 0 atom stereocenters. The minimum atomic E-state index is -1.15. The number of ether oxygens (including phenoxy) is 1. The van der Waals surface area contributed by atoms with E-state index in [1.807, 2.05) is 61.5 Å². The molecular formula is C33H31N5O4. The van der Waals surface area contributed by atoms with E-state index in [1.54, 1.807) is 30.5 Å². The third-order valence-electron chi connectivity index (χ3n) is 8.18. The predicted molar refractivity (Wildman–Crippen MR) is 159 cm³/mol. The van der Waals surface area contributed by atoms with E-state index in [9.17, 15) is 14.4 Å². The van der Waals surface area contributed by atoms with Crippen LogP contribution in [0, 0.1) is 6.92 Å². The fourth-order valence-corrected chi connectivity index (χ4v) is 5.83. The number of aromatic nitrogens is 2. The molecule has 2 aliphatic rings. The van der Waals surface area contributed by atoms with Crippen molar-refractivity contribution in [3.63, 3.8) is 0 Å². The van der Waals surface area contributed by atoms with Gasteiger partial charge in [0.05, 0.1) is 18.5 Å². The first-order chi connectivity index (χ1) is 20.4. The molecule has 42 heavy (non-hydrogen) atoms. The number of aryl methyl sites for hydroxylation is 1. The van der Waals surface area contributed by atoms with E-state index in [1.165, 1.54) is 23.0 Å². The summed E-state index contributed by atoms with van der Waals surface area (Å²) in [5.41, 5.74) is 3.54. The first-order valence-electron chi connectivity index (χ1n) is 13.9. The number of esters is 1. The molecule has 0 radical (unpaired) electrons. The van der Waals surface area contributed by atoms with Gasteiger partial charge in [-0.25, -0.2) is 19.5 Å². The lowest BCUT2D eigenvalue weighted by molar-refractivity contribution is -0.123. The number of urea groups is 1. The highest BCUT2D eigenvalue weighted by molar-refractivity contribution is 6.30. The van der Waals surface area contributed by atoms with Crippen LogP contribution in [0.2, 0.25) is 0 Å². The van der Waals surface area contributed by atoms with E-state index in [4.69, 9.17) is 4.74 Å². The molecule has 0 bridgehead atoms. The van der Waals surface area contributed by atoms with Crippen LogP contribution < -0.4 is 9.80 Å². The van der Waals surface area contributed by atoms with Crippen molar-refractivity contribution in [3.05, 3.63) is 108 Å². The van der Waals surface area contributed by atoms with Crippen molar-refractivity contribution >= 4 is 29.4 Å². The molecule has 2 saturated heterocycles. The Morgan fingerprint density at radius 1 is 0.881 bits per heavy atom. The molecule has 9 nitrogen and oxygen atoms in total. The SMILES string of the molecule is COC(=O)c1cccc(N2C(=O)N(c3ccc(-c4ccccc4)cc3)C(=O)C23CCN(Cc2ncccc2C)CC3)n1. The van der Waals surface area contributed by atoms with E-state index >= 15 is 0 Å². The largest absolute Gasteiger partial charge is 0.464 e. The molecule has 0 N–H and O–H groups in total. The highest BCUT2D eigenvalue weighted by Gasteiger charge is 2.59. The summed E-state index contributed by atoms with van der Waals surface area (Å²) in [6.45, 7) is 3.87. The molecule has 4 heterocycles. The second-order valence-corrected chi connectivity index (χ2v) is 10.6. The van der Waals surface area contributed by atoms with Crippen LogP contribution in [0.3, 0.4) is 0 Å². The van der Waals surface area contributed by atoms with Gasteiger partial charge in [0.25, 0.3) is 5.91 Å². The molecule has 0 saturated carbocycles. The molecule has 9 heteroatoms. The average molecular weight is 562 g/mol. The van der Waals surface area contributed by atoms with E-state index < -0.39 is 17.5 Å². The number of methoxy groups -OCH3 is 1. The Morgan fingerprint density at radius 3 is 2.29 bits per heavy atom. The van der Waals surface area contributed by atoms with Crippen LogP contribution in [-0.4, -0.2) is 58.5 Å². The number of nitrogens with zero attached hydrogens (tertiary/aromatic N) is 5. The molecule has 6 rings (SSSR count). The van der Waals surface area contributed by atoms with Crippen LogP contribution in [0.1, 0.15) is 34.6 Å². The van der Waals surface area contributed by atoms with Gasteiger partial charge in [-0.05, 0) is 66.8 Å². The van der Waals surface area contributed by atoms with Crippen molar-refractivity contribution in [1.82, 2.24) is 14.9 Å². The summed E-state index contributed by atoms with van der Waals surface area (Å²) in [5.74, 6) is -0.662. The average Bonchev–Trinajstić information content (AvgIpc) is 3.24. The molecule has 2 aromatic carbocycles. The maximum absolute atomic E-state index is 14.3. The van der Waals surface area contributed by atoms with Crippen molar-refractivity contribution in [2.75, 3.05) is 30.0 Å². The zero-order valence-electron chi connectivity index (χ0n) is 23.6. The van der Waals surface area contributed by atoms with Crippen LogP contribution >= 0.6 is 0 Å². The van der Waals surface area contributed by atoms with Gasteiger partial charge in [0.2, 0.25) is 0 Å². The Balaban J connectivity index is 1.34. The van der Waals surface area contributed by atoms with Crippen molar-refractivity contribution in [3.8, 4) is 11.1 Å². The standard InChI is InChI=1S/C33H31N5O4/c1-23-8-7-19-34-28(23)22-36-20-17-33(18-21-36)31(40)37(26-15-13-25(14-16-26)24-9-4-3-5-10-24)32(41)38(33)29-12-6-11-27(35-29)30(39)42-2/h3-16,19H,17-18,20-22H2,1-2H3. The third kappa shape index (κ3) is 4.81. The first-order valence-corrected chi connectivity index (χ1v) is 13.9. The minimum Gasteiger partial charge on any atom is -0.464 e. The smallest absolute Gasteiger partial charge is 0.356 e. The van der Waals surface area contributed by atoms with Crippen molar-refractivity contribution in [1.29, 1.82) is 0 Å². The third-order valence-corrected chi connectivity index (χ3v) is 8.18. The molecule has 212 valence electrons. The lowest BCUT2D eigenvalue weighted by Crippen LogP contribution is -2.57. The van der Waals surface area contributed by atoms with Crippen molar-refractivity contribution in [2.24, 2.45) is 0 Å². The van der Waals surface area contributed by atoms with Crippen LogP contribution in [0.25, 0.3) is 11.1 Å². The van der Waals surface area contributed by atoms with Crippen molar-refractivity contribution in [2.45, 2.75) is 31.8 Å². The summed E-state index contributed by atoms with van der Waals surface area (Å²) < 4.78 is 4.86. The number of hydrogen-bond donors (Lipinski definition) is 0. The monoisotopic (exact) mass is 561 g/mol. The molecule has 1 spiro atoms. The lowest BCUT2D eigenvalue weighted by atomic mass is 9.85. The number of imide groups is 1. The van der Waals surface area contributed by atoms with E-state index in [2.05, 4.69) is 14.9 Å². The van der Waals surface area contributed by atoms with Gasteiger partial charge in [0, 0.05) is 25.8 Å². The zero-order chi connectivity index (χ0) is 29.3. The molecule has 0 aliphatic carbocycles. The second kappa shape index (κ2) is 11.2. The van der Waals surface area contributed by atoms with Crippen molar-refractivity contribution < 1.29 is 19.1 Å². The topological polar surface area (TPSA) is 95.9 Å². The number of hydrogen-bond acceptors (Lipinski definition) is 7. The highest BCUT2D eigenvalue weighted by atomic mass is 16.5. The fourth-order valence-electron chi connectivity index (χ4n) is 5.83.